The first kappa shape index (κ1) is 15.4. The number of benzene rings is 2. The third kappa shape index (κ3) is 2.86. The van der Waals surface area contributed by atoms with Crippen LogP contribution in [0.5, 0.6) is 0 Å². The maximum atomic E-state index is 8.89. The molecule has 1 aromatic heterocycles. The Hall–Kier alpha value is -2.09. The van der Waals surface area contributed by atoms with Crippen molar-refractivity contribution in [2.24, 2.45) is 0 Å². The van der Waals surface area contributed by atoms with Gasteiger partial charge in [0, 0.05) is 33.7 Å². The second-order valence-electron chi connectivity index (χ2n) is 6.34. The van der Waals surface area contributed by atoms with Gasteiger partial charge < -0.3 is 10.3 Å². The number of nitrogens with one attached hydrogen (secondary N) is 2. The summed E-state index contributed by atoms with van der Waals surface area (Å²) in [7, 11) is 0. The molecule has 4 rings (SSSR count). The molecule has 1 unspecified atom stereocenters. The summed E-state index contributed by atoms with van der Waals surface area (Å²) in [6.07, 6.45) is 3.50. The Labute approximate surface area is 149 Å². The molecule has 4 heteroatoms. The number of nitrogens with zero attached hydrogens (tertiary/aromatic N) is 1. The molecule has 24 heavy (non-hydrogen) atoms. The molecule has 0 radical (unpaired) electrons. The van der Waals surface area contributed by atoms with Crippen molar-refractivity contribution in [2.75, 3.05) is 0 Å². The minimum atomic E-state index is 0.357. The fourth-order valence-corrected chi connectivity index (χ4v) is 3.94. The van der Waals surface area contributed by atoms with E-state index in [-0.39, 0.29) is 0 Å². The number of aryl methyl sites for hydroxylation is 1. The lowest BCUT2D eigenvalue weighted by Gasteiger charge is -2.24. The highest BCUT2D eigenvalue weighted by atomic mass is 79.9. The molecule has 3 aromatic rings. The molecule has 2 aromatic carbocycles. The van der Waals surface area contributed by atoms with Crippen LogP contribution in [0.1, 0.15) is 41.3 Å². The Morgan fingerprint density at radius 3 is 2.83 bits per heavy atom. The summed E-state index contributed by atoms with van der Waals surface area (Å²) in [6, 6.07) is 16.8. The standard InChI is InChI=1S/C20H18BrN3/c21-15-8-9-18-17(10-15)16-2-1-3-19(20(16)24-18)23-12-14-6-4-13(11-22)5-7-14/h4-10,19,23-24H,1-3,12H2. The zero-order valence-electron chi connectivity index (χ0n) is 13.3. The SMILES string of the molecule is N#Cc1ccc(CNC2CCCc3c2[nH]c2ccc(Br)cc32)cc1. The fourth-order valence-electron chi connectivity index (χ4n) is 3.58. The first-order valence-corrected chi connectivity index (χ1v) is 9.06. The summed E-state index contributed by atoms with van der Waals surface area (Å²) < 4.78 is 1.13. The summed E-state index contributed by atoms with van der Waals surface area (Å²) in [6.45, 7) is 0.814. The molecule has 0 spiro atoms. The van der Waals surface area contributed by atoms with E-state index < -0.39 is 0 Å². The molecule has 120 valence electrons. The summed E-state index contributed by atoms with van der Waals surface area (Å²) in [4.78, 5) is 3.62. The smallest absolute Gasteiger partial charge is 0.0991 e. The van der Waals surface area contributed by atoms with Crippen molar-refractivity contribution in [1.82, 2.24) is 10.3 Å². The maximum absolute atomic E-state index is 8.89. The van der Waals surface area contributed by atoms with E-state index in [9.17, 15) is 0 Å². The minimum Gasteiger partial charge on any atom is -0.357 e. The Bertz CT molecular complexity index is 918. The number of halogens is 1. The van der Waals surface area contributed by atoms with E-state index in [2.05, 4.69) is 50.5 Å². The zero-order valence-corrected chi connectivity index (χ0v) is 14.9. The van der Waals surface area contributed by atoms with Crippen molar-refractivity contribution in [3.63, 3.8) is 0 Å². The van der Waals surface area contributed by atoms with Crippen LogP contribution in [0.4, 0.5) is 0 Å². The quantitative estimate of drug-likeness (QED) is 0.674. The highest BCUT2D eigenvalue weighted by Crippen LogP contribution is 2.35. The van der Waals surface area contributed by atoms with Crippen molar-refractivity contribution in [3.8, 4) is 6.07 Å². The topological polar surface area (TPSA) is 51.6 Å². The maximum Gasteiger partial charge on any atom is 0.0991 e. The van der Waals surface area contributed by atoms with Crippen molar-refractivity contribution in [1.29, 1.82) is 5.26 Å². The van der Waals surface area contributed by atoms with Gasteiger partial charge in [0.1, 0.15) is 0 Å². The van der Waals surface area contributed by atoms with Crippen molar-refractivity contribution in [2.45, 2.75) is 31.8 Å². The Morgan fingerprint density at radius 2 is 2.04 bits per heavy atom. The van der Waals surface area contributed by atoms with Gasteiger partial charge >= 0.3 is 0 Å². The van der Waals surface area contributed by atoms with E-state index in [0.717, 1.165) is 23.9 Å². The number of hydrogen-bond donors (Lipinski definition) is 2. The molecule has 1 aliphatic rings. The molecular formula is C20H18BrN3. The van der Waals surface area contributed by atoms with Gasteiger partial charge in [-0.3, -0.25) is 0 Å². The fraction of sp³-hybridized carbons (Fsp3) is 0.250. The van der Waals surface area contributed by atoms with Crippen LogP contribution in [0, 0.1) is 11.3 Å². The second kappa shape index (κ2) is 6.43. The summed E-state index contributed by atoms with van der Waals surface area (Å²) in [5.74, 6) is 0. The van der Waals surface area contributed by atoms with Crippen molar-refractivity contribution >= 4 is 26.8 Å². The van der Waals surface area contributed by atoms with Crippen molar-refractivity contribution in [3.05, 3.63) is 69.3 Å². The zero-order chi connectivity index (χ0) is 16.5. The van der Waals surface area contributed by atoms with E-state index in [0.29, 0.717) is 11.6 Å². The molecule has 0 saturated carbocycles. The van der Waals surface area contributed by atoms with E-state index in [1.807, 2.05) is 24.3 Å². The predicted molar refractivity (Wildman–Crippen MR) is 99.7 cm³/mol. The molecule has 0 saturated heterocycles. The number of rotatable bonds is 3. The van der Waals surface area contributed by atoms with Crippen LogP contribution in [0.25, 0.3) is 10.9 Å². The van der Waals surface area contributed by atoms with Gasteiger partial charge in [-0.05, 0) is 60.7 Å². The molecule has 1 aliphatic carbocycles. The summed E-state index contributed by atoms with van der Waals surface area (Å²) >= 11 is 3.58. The van der Waals surface area contributed by atoms with Crippen LogP contribution in [0.2, 0.25) is 0 Å². The first-order valence-electron chi connectivity index (χ1n) is 8.27. The molecule has 0 aliphatic heterocycles. The van der Waals surface area contributed by atoms with Gasteiger partial charge in [0.25, 0.3) is 0 Å². The average Bonchev–Trinajstić information content (AvgIpc) is 2.99. The normalized spacial score (nSPS) is 16.8. The average molecular weight is 380 g/mol. The molecule has 1 atom stereocenters. The number of H-pyrrole nitrogens is 1. The van der Waals surface area contributed by atoms with Gasteiger partial charge in [0.05, 0.1) is 11.6 Å². The van der Waals surface area contributed by atoms with Crippen molar-refractivity contribution < 1.29 is 0 Å². The molecule has 2 N–H and O–H groups in total. The highest BCUT2D eigenvalue weighted by Gasteiger charge is 2.23. The Morgan fingerprint density at radius 1 is 1.21 bits per heavy atom. The van der Waals surface area contributed by atoms with Gasteiger partial charge in [0.2, 0.25) is 0 Å². The summed E-state index contributed by atoms with van der Waals surface area (Å²) in [5.41, 5.74) is 5.92. The van der Waals surface area contributed by atoms with Crippen LogP contribution < -0.4 is 5.32 Å². The number of aromatic nitrogens is 1. The van der Waals surface area contributed by atoms with Crippen LogP contribution in [-0.4, -0.2) is 4.98 Å². The number of fused-ring (bicyclic) bond motifs is 3. The van der Waals surface area contributed by atoms with Crippen LogP contribution in [-0.2, 0) is 13.0 Å². The van der Waals surface area contributed by atoms with Gasteiger partial charge in [-0.15, -0.1) is 0 Å². The first-order chi connectivity index (χ1) is 11.7. The number of aromatic amines is 1. The van der Waals surface area contributed by atoms with E-state index in [1.165, 1.54) is 34.1 Å². The van der Waals surface area contributed by atoms with Gasteiger partial charge in [0.15, 0.2) is 0 Å². The lowest BCUT2D eigenvalue weighted by atomic mass is 9.91. The molecular weight excluding hydrogens is 362 g/mol. The lowest BCUT2D eigenvalue weighted by Crippen LogP contribution is -2.24. The van der Waals surface area contributed by atoms with E-state index >= 15 is 0 Å². The largest absolute Gasteiger partial charge is 0.357 e. The van der Waals surface area contributed by atoms with Crippen LogP contribution >= 0.6 is 15.9 Å². The third-order valence-electron chi connectivity index (χ3n) is 4.80. The lowest BCUT2D eigenvalue weighted by molar-refractivity contribution is 0.452. The molecule has 3 nitrogen and oxygen atoms in total. The van der Waals surface area contributed by atoms with Gasteiger partial charge in [-0.25, -0.2) is 0 Å². The van der Waals surface area contributed by atoms with Crippen LogP contribution in [0.3, 0.4) is 0 Å². The number of hydrogen-bond acceptors (Lipinski definition) is 2. The molecule has 0 fully saturated rings. The van der Waals surface area contributed by atoms with Gasteiger partial charge in [-0.2, -0.15) is 5.26 Å². The van der Waals surface area contributed by atoms with E-state index in [1.54, 1.807) is 0 Å². The minimum absolute atomic E-state index is 0.357. The second-order valence-corrected chi connectivity index (χ2v) is 7.26. The van der Waals surface area contributed by atoms with E-state index in [4.69, 9.17) is 5.26 Å². The summed E-state index contributed by atoms with van der Waals surface area (Å²) in [5, 5.41) is 13.9. The number of nitriles is 1. The van der Waals surface area contributed by atoms with Crippen LogP contribution in [0.15, 0.2) is 46.9 Å². The molecule has 0 amide bonds. The highest BCUT2D eigenvalue weighted by molar-refractivity contribution is 9.10. The third-order valence-corrected chi connectivity index (χ3v) is 5.30. The Kier molecular flexibility index (Phi) is 4.13. The monoisotopic (exact) mass is 379 g/mol. The van der Waals surface area contributed by atoms with Gasteiger partial charge in [-0.1, -0.05) is 28.1 Å². The predicted octanol–water partition coefficient (Wildman–Crippen LogP) is 4.97. The molecule has 0 bridgehead atoms. The molecule has 1 heterocycles. The Balaban J connectivity index is 1.57.